The van der Waals surface area contributed by atoms with E-state index in [0.717, 1.165) is 22.3 Å². The van der Waals surface area contributed by atoms with Crippen molar-refractivity contribution in [1.82, 2.24) is 10.2 Å². The molecule has 0 aliphatic heterocycles. The molecule has 0 heterocycles. The highest BCUT2D eigenvalue weighted by atomic mass is 32.2. The molecule has 0 unspecified atom stereocenters. The number of nitrogens with zero attached hydrogens (tertiary/aromatic N) is 2. The van der Waals surface area contributed by atoms with Gasteiger partial charge in [0.1, 0.15) is 12.6 Å². The largest absolute Gasteiger partial charge is 0.352 e. The van der Waals surface area contributed by atoms with Crippen molar-refractivity contribution >= 4 is 27.5 Å². The molecule has 0 spiro atoms. The van der Waals surface area contributed by atoms with Crippen LogP contribution in [0, 0.1) is 20.8 Å². The van der Waals surface area contributed by atoms with Gasteiger partial charge in [0.05, 0.1) is 10.6 Å². The van der Waals surface area contributed by atoms with Crippen molar-refractivity contribution < 1.29 is 18.0 Å². The first-order chi connectivity index (χ1) is 18.4. The molecular weight excluding hydrogens is 510 g/mol. The maximum absolute atomic E-state index is 14.1. The van der Waals surface area contributed by atoms with Crippen LogP contribution in [-0.2, 0) is 26.2 Å². The van der Waals surface area contributed by atoms with Gasteiger partial charge in [-0.3, -0.25) is 13.9 Å². The molecule has 0 aliphatic carbocycles. The fraction of sp³-hybridized carbons (Fsp3) is 0.355. The van der Waals surface area contributed by atoms with Gasteiger partial charge in [-0.1, -0.05) is 67.1 Å². The summed E-state index contributed by atoms with van der Waals surface area (Å²) in [6.07, 6.45) is 0.380. The first kappa shape index (κ1) is 29.9. The van der Waals surface area contributed by atoms with E-state index in [1.165, 1.54) is 9.21 Å². The number of benzene rings is 3. The van der Waals surface area contributed by atoms with Crippen molar-refractivity contribution in [1.29, 1.82) is 0 Å². The van der Waals surface area contributed by atoms with Crippen molar-refractivity contribution in [2.45, 2.75) is 71.5 Å². The monoisotopic (exact) mass is 549 g/mol. The fourth-order valence-electron chi connectivity index (χ4n) is 4.44. The Labute approximate surface area is 232 Å². The summed E-state index contributed by atoms with van der Waals surface area (Å²) in [5, 5.41) is 2.91. The topological polar surface area (TPSA) is 86.8 Å². The van der Waals surface area contributed by atoms with Crippen LogP contribution >= 0.6 is 0 Å². The first-order valence-corrected chi connectivity index (χ1v) is 14.7. The van der Waals surface area contributed by atoms with Crippen molar-refractivity contribution in [2.24, 2.45) is 0 Å². The predicted molar refractivity (Wildman–Crippen MR) is 156 cm³/mol. The van der Waals surface area contributed by atoms with Crippen LogP contribution in [0.4, 0.5) is 5.69 Å². The van der Waals surface area contributed by atoms with Gasteiger partial charge in [0.25, 0.3) is 10.0 Å². The van der Waals surface area contributed by atoms with Gasteiger partial charge in [-0.05, 0) is 75.9 Å². The summed E-state index contributed by atoms with van der Waals surface area (Å²) in [6.45, 7) is 10.9. The number of aryl methyl sites for hydroxylation is 2. The summed E-state index contributed by atoms with van der Waals surface area (Å²) in [5.74, 6) is -0.724. The van der Waals surface area contributed by atoms with E-state index in [9.17, 15) is 18.0 Å². The number of nitrogens with one attached hydrogen (secondary N) is 1. The standard InChI is InChI=1S/C31H39N3O4S/c1-7-28(31(36)32-22(2)3)33(20-26-13-9-8-10-14-26)30(35)21-34(29-15-11-12-24(5)25(29)6)39(37,38)27-18-16-23(4)17-19-27/h8-19,22,28H,7,20-21H2,1-6H3,(H,32,36)/t28-/m1/s1. The molecule has 0 saturated heterocycles. The number of carbonyl (C=O) groups excluding carboxylic acids is 2. The fourth-order valence-corrected chi connectivity index (χ4v) is 5.91. The highest BCUT2D eigenvalue weighted by molar-refractivity contribution is 7.92. The van der Waals surface area contributed by atoms with E-state index in [2.05, 4.69) is 5.32 Å². The first-order valence-electron chi connectivity index (χ1n) is 13.2. The number of carbonyl (C=O) groups is 2. The predicted octanol–water partition coefficient (Wildman–Crippen LogP) is 5.14. The zero-order valence-electron chi connectivity index (χ0n) is 23.6. The van der Waals surface area contributed by atoms with Crippen LogP contribution in [0.3, 0.4) is 0 Å². The Hall–Kier alpha value is -3.65. The van der Waals surface area contributed by atoms with Crippen LogP contribution < -0.4 is 9.62 Å². The summed E-state index contributed by atoms with van der Waals surface area (Å²) < 4.78 is 29.2. The molecule has 3 aromatic carbocycles. The second kappa shape index (κ2) is 12.9. The van der Waals surface area contributed by atoms with Crippen LogP contribution in [0.15, 0.2) is 77.7 Å². The third kappa shape index (κ3) is 7.26. The summed E-state index contributed by atoms with van der Waals surface area (Å²) in [6, 6.07) is 20.5. The summed E-state index contributed by atoms with van der Waals surface area (Å²) >= 11 is 0. The van der Waals surface area contributed by atoms with Crippen LogP contribution in [0.5, 0.6) is 0 Å². The maximum Gasteiger partial charge on any atom is 0.264 e. The van der Waals surface area contributed by atoms with Crippen LogP contribution in [0.2, 0.25) is 0 Å². The van der Waals surface area contributed by atoms with Gasteiger partial charge >= 0.3 is 0 Å². The number of hydrogen-bond donors (Lipinski definition) is 1. The molecule has 3 rings (SSSR count). The smallest absolute Gasteiger partial charge is 0.264 e. The highest BCUT2D eigenvalue weighted by Gasteiger charge is 2.34. The number of anilines is 1. The zero-order chi connectivity index (χ0) is 28.7. The molecule has 1 N–H and O–H groups in total. The van der Waals surface area contributed by atoms with E-state index in [1.54, 1.807) is 36.4 Å². The molecule has 0 bridgehead atoms. The Kier molecular flexibility index (Phi) is 9.92. The Bertz CT molecular complexity index is 1390. The van der Waals surface area contributed by atoms with Gasteiger partial charge in [0.15, 0.2) is 0 Å². The number of sulfonamides is 1. The normalized spacial score (nSPS) is 12.2. The van der Waals surface area contributed by atoms with Gasteiger partial charge in [-0.2, -0.15) is 0 Å². The van der Waals surface area contributed by atoms with Crippen LogP contribution in [-0.4, -0.2) is 43.8 Å². The SMILES string of the molecule is CC[C@H](C(=O)NC(C)C)N(Cc1ccccc1)C(=O)CN(c1cccc(C)c1C)S(=O)(=O)c1ccc(C)cc1. The quantitative estimate of drug-likeness (QED) is 0.359. The molecule has 0 fully saturated rings. The van der Waals surface area contributed by atoms with Crippen molar-refractivity contribution in [3.63, 3.8) is 0 Å². The minimum Gasteiger partial charge on any atom is -0.352 e. The average Bonchev–Trinajstić information content (AvgIpc) is 2.89. The second-order valence-electron chi connectivity index (χ2n) is 10.1. The molecule has 39 heavy (non-hydrogen) atoms. The maximum atomic E-state index is 14.1. The molecule has 0 aromatic heterocycles. The molecular formula is C31H39N3O4S. The second-order valence-corrected chi connectivity index (χ2v) is 12.0. The van der Waals surface area contributed by atoms with E-state index in [0.29, 0.717) is 12.1 Å². The van der Waals surface area contributed by atoms with E-state index in [4.69, 9.17) is 0 Å². The van der Waals surface area contributed by atoms with E-state index in [1.807, 2.05) is 77.9 Å². The van der Waals surface area contributed by atoms with Gasteiger partial charge in [-0.15, -0.1) is 0 Å². The third-order valence-electron chi connectivity index (χ3n) is 6.75. The molecule has 1 atom stereocenters. The molecule has 0 aliphatic rings. The highest BCUT2D eigenvalue weighted by Crippen LogP contribution is 2.29. The lowest BCUT2D eigenvalue weighted by Gasteiger charge is -2.34. The van der Waals surface area contributed by atoms with Crippen molar-refractivity contribution in [3.8, 4) is 0 Å². The Balaban J connectivity index is 2.09. The molecule has 208 valence electrons. The minimum absolute atomic E-state index is 0.0982. The summed E-state index contributed by atoms with van der Waals surface area (Å²) in [4.78, 5) is 28.9. The van der Waals surface area contributed by atoms with Crippen LogP contribution in [0.25, 0.3) is 0 Å². The van der Waals surface area contributed by atoms with Gasteiger partial charge < -0.3 is 10.2 Å². The summed E-state index contributed by atoms with van der Waals surface area (Å²) in [5.41, 5.74) is 3.89. The number of hydrogen-bond acceptors (Lipinski definition) is 4. The van der Waals surface area contributed by atoms with Gasteiger partial charge in [0, 0.05) is 12.6 Å². The van der Waals surface area contributed by atoms with E-state index in [-0.39, 0.29) is 23.4 Å². The number of amides is 2. The average molecular weight is 550 g/mol. The lowest BCUT2D eigenvalue weighted by atomic mass is 10.1. The molecule has 0 saturated carbocycles. The number of rotatable bonds is 11. The minimum atomic E-state index is -4.10. The molecule has 7 nitrogen and oxygen atoms in total. The Morgan fingerprint density at radius 3 is 2.10 bits per heavy atom. The lowest BCUT2D eigenvalue weighted by Crippen LogP contribution is -2.53. The lowest BCUT2D eigenvalue weighted by molar-refractivity contribution is -0.140. The van der Waals surface area contributed by atoms with Crippen molar-refractivity contribution in [3.05, 3.63) is 95.1 Å². The van der Waals surface area contributed by atoms with Crippen molar-refractivity contribution in [2.75, 3.05) is 10.8 Å². The van der Waals surface area contributed by atoms with E-state index >= 15 is 0 Å². The zero-order valence-corrected chi connectivity index (χ0v) is 24.5. The summed E-state index contributed by atoms with van der Waals surface area (Å²) in [7, 11) is -4.10. The van der Waals surface area contributed by atoms with Gasteiger partial charge in [0.2, 0.25) is 11.8 Å². The van der Waals surface area contributed by atoms with Crippen LogP contribution in [0.1, 0.15) is 49.4 Å². The van der Waals surface area contributed by atoms with Gasteiger partial charge in [-0.25, -0.2) is 8.42 Å². The van der Waals surface area contributed by atoms with E-state index < -0.39 is 28.5 Å². The molecule has 8 heteroatoms. The Morgan fingerprint density at radius 1 is 0.872 bits per heavy atom. The molecule has 0 radical (unpaired) electrons. The Morgan fingerprint density at radius 2 is 1.51 bits per heavy atom. The third-order valence-corrected chi connectivity index (χ3v) is 8.52. The molecule has 2 amide bonds. The molecule has 3 aromatic rings.